The Morgan fingerprint density at radius 2 is 2.38 bits per heavy atom. The van der Waals surface area contributed by atoms with Crippen LogP contribution in [0.3, 0.4) is 0 Å². The Hall–Kier alpha value is -0.870. The topological polar surface area (TPSA) is 43.3 Å². The van der Waals surface area contributed by atoms with E-state index in [4.69, 9.17) is 5.73 Å². The van der Waals surface area contributed by atoms with Crippen molar-refractivity contribution in [1.82, 2.24) is 9.38 Å². The number of imidazole rings is 1. The van der Waals surface area contributed by atoms with Crippen molar-refractivity contribution in [2.75, 3.05) is 0 Å². The van der Waals surface area contributed by atoms with E-state index < -0.39 is 0 Å². The van der Waals surface area contributed by atoms with Gasteiger partial charge in [0.1, 0.15) is 0 Å². The third-order valence-corrected chi connectivity index (χ3v) is 2.71. The minimum Gasteiger partial charge on any atom is -0.325 e. The first kappa shape index (κ1) is 8.72. The Morgan fingerprint density at radius 3 is 3.08 bits per heavy atom. The highest BCUT2D eigenvalue weighted by Gasteiger charge is 2.07. The summed E-state index contributed by atoms with van der Waals surface area (Å²) in [5.41, 5.74) is 8.63. The third-order valence-electron chi connectivity index (χ3n) is 2.09. The van der Waals surface area contributed by atoms with E-state index in [-0.39, 0.29) is 0 Å². The van der Waals surface area contributed by atoms with Gasteiger partial charge in [0.25, 0.3) is 0 Å². The molecule has 0 unspecified atom stereocenters. The zero-order valence-corrected chi connectivity index (χ0v) is 8.87. The molecule has 0 saturated heterocycles. The van der Waals surface area contributed by atoms with Gasteiger partial charge in [0, 0.05) is 12.7 Å². The van der Waals surface area contributed by atoms with Gasteiger partial charge in [-0.3, -0.25) is 0 Å². The van der Waals surface area contributed by atoms with Gasteiger partial charge in [0.2, 0.25) is 0 Å². The van der Waals surface area contributed by atoms with Gasteiger partial charge in [-0.05, 0) is 35.0 Å². The molecule has 0 radical (unpaired) electrons. The maximum absolute atomic E-state index is 5.64. The van der Waals surface area contributed by atoms with Gasteiger partial charge in [-0.1, -0.05) is 0 Å². The predicted octanol–water partition coefficient (Wildman–Crippen LogP) is 1.86. The van der Waals surface area contributed by atoms with Crippen LogP contribution in [0, 0.1) is 6.92 Å². The molecule has 2 heterocycles. The maximum atomic E-state index is 5.64. The molecule has 2 N–H and O–H groups in total. The Labute approximate surface area is 84.7 Å². The van der Waals surface area contributed by atoms with Gasteiger partial charge in [-0.15, -0.1) is 0 Å². The van der Waals surface area contributed by atoms with Crippen LogP contribution >= 0.6 is 15.9 Å². The number of nitrogens with zero attached hydrogens (tertiary/aromatic N) is 2. The number of nitrogens with two attached hydrogens (primary N) is 1. The Morgan fingerprint density at radius 1 is 1.62 bits per heavy atom. The van der Waals surface area contributed by atoms with Crippen LogP contribution in [-0.4, -0.2) is 9.38 Å². The summed E-state index contributed by atoms with van der Waals surface area (Å²) in [5.74, 6) is 0. The Kier molecular flexibility index (Phi) is 2.09. The van der Waals surface area contributed by atoms with Crippen LogP contribution in [0.1, 0.15) is 11.4 Å². The fraction of sp³-hybridized carbons (Fsp3) is 0.222. The number of aromatic nitrogens is 2. The van der Waals surface area contributed by atoms with E-state index >= 15 is 0 Å². The smallest absolute Gasteiger partial charge is 0.151 e. The molecule has 4 heteroatoms. The Balaban J connectivity index is 2.86. The normalized spacial score (nSPS) is 11.0. The van der Waals surface area contributed by atoms with E-state index in [0.29, 0.717) is 6.54 Å². The quantitative estimate of drug-likeness (QED) is 0.826. The molecule has 0 bridgehead atoms. The summed E-state index contributed by atoms with van der Waals surface area (Å²) in [5, 5.41) is 0. The van der Waals surface area contributed by atoms with Crippen LogP contribution in [0.5, 0.6) is 0 Å². The number of rotatable bonds is 1. The number of hydrogen-bond donors (Lipinski definition) is 1. The van der Waals surface area contributed by atoms with Crippen LogP contribution in [0.2, 0.25) is 0 Å². The highest BCUT2D eigenvalue weighted by molar-refractivity contribution is 9.10. The molecule has 0 fully saturated rings. The van der Waals surface area contributed by atoms with E-state index in [9.17, 15) is 0 Å². The highest BCUT2D eigenvalue weighted by atomic mass is 79.9. The lowest BCUT2D eigenvalue weighted by Crippen LogP contribution is -2.02. The second-order valence-corrected chi connectivity index (χ2v) is 3.75. The van der Waals surface area contributed by atoms with Crippen molar-refractivity contribution in [1.29, 1.82) is 0 Å². The number of hydrogen-bond acceptors (Lipinski definition) is 2. The molecule has 2 aromatic heterocycles. The number of fused-ring (bicyclic) bond motifs is 1. The molecule has 2 rings (SSSR count). The highest BCUT2D eigenvalue weighted by Crippen LogP contribution is 2.19. The van der Waals surface area contributed by atoms with Crippen molar-refractivity contribution < 1.29 is 0 Å². The van der Waals surface area contributed by atoms with Crippen molar-refractivity contribution in [3.05, 3.63) is 34.2 Å². The molecule has 0 spiro atoms. The average Bonchev–Trinajstić information content (AvgIpc) is 2.43. The molecule has 68 valence electrons. The van der Waals surface area contributed by atoms with Gasteiger partial charge in [-0.2, -0.15) is 0 Å². The fourth-order valence-corrected chi connectivity index (χ4v) is 1.87. The van der Waals surface area contributed by atoms with Crippen molar-refractivity contribution in [2.45, 2.75) is 13.5 Å². The largest absolute Gasteiger partial charge is 0.325 e. The van der Waals surface area contributed by atoms with E-state index in [0.717, 1.165) is 21.5 Å². The minimum atomic E-state index is 0.517. The lowest BCUT2D eigenvalue weighted by molar-refractivity contribution is 0.943. The molecule has 0 aliphatic carbocycles. The standard InChI is InChI=1S/C9H10BrN3/c1-6-8(5-11)13-4-2-3-7(10)9(13)12-6/h2-4H,5,11H2,1H3. The van der Waals surface area contributed by atoms with Crippen LogP contribution in [0.25, 0.3) is 5.65 Å². The molecule has 0 atom stereocenters. The van der Waals surface area contributed by atoms with Crippen molar-refractivity contribution in [3.8, 4) is 0 Å². The van der Waals surface area contributed by atoms with Crippen LogP contribution < -0.4 is 5.73 Å². The van der Waals surface area contributed by atoms with E-state index in [1.54, 1.807) is 0 Å². The monoisotopic (exact) mass is 239 g/mol. The first-order valence-electron chi connectivity index (χ1n) is 4.06. The average molecular weight is 240 g/mol. The predicted molar refractivity (Wildman–Crippen MR) is 55.5 cm³/mol. The summed E-state index contributed by atoms with van der Waals surface area (Å²) in [6, 6.07) is 3.94. The van der Waals surface area contributed by atoms with Gasteiger partial charge >= 0.3 is 0 Å². The first-order chi connectivity index (χ1) is 6.24. The van der Waals surface area contributed by atoms with Gasteiger partial charge < -0.3 is 10.1 Å². The molecule has 13 heavy (non-hydrogen) atoms. The summed E-state index contributed by atoms with van der Waals surface area (Å²) in [4.78, 5) is 4.42. The molecular formula is C9H10BrN3. The summed E-state index contributed by atoms with van der Waals surface area (Å²) in [6.07, 6.45) is 1.97. The Bertz CT molecular complexity index is 447. The molecule has 0 aliphatic heterocycles. The lowest BCUT2D eigenvalue weighted by Gasteiger charge is -1.99. The number of pyridine rings is 1. The molecule has 0 aromatic carbocycles. The van der Waals surface area contributed by atoms with Crippen LogP contribution in [0.4, 0.5) is 0 Å². The van der Waals surface area contributed by atoms with Crippen LogP contribution in [-0.2, 0) is 6.54 Å². The molecule has 3 nitrogen and oxygen atoms in total. The minimum absolute atomic E-state index is 0.517. The molecule has 2 aromatic rings. The fourth-order valence-electron chi connectivity index (χ4n) is 1.44. The molecule has 0 amide bonds. The summed E-state index contributed by atoms with van der Waals surface area (Å²) < 4.78 is 3.01. The molecule has 0 aliphatic rings. The second kappa shape index (κ2) is 3.12. The summed E-state index contributed by atoms with van der Waals surface area (Å²) >= 11 is 3.45. The van der Waals surface area contributed by atoms with Crippen molar-refractivity contribution in [2.24, 2.45) is 5.73 Å². The maximum Gasteiger partial charge on any atom is 0.151 e. The second-order valence-electron chi connectivity index (χ2n) is 2.90. The summed E-state index contributed by atoms with van der Waals surface area (Å²) in [6.45, 7) is 2.49. The number of aryl methyl sites for hydroxylation is 1. The van der Waals surface area contributed by atoms with Crippen molar-refractivity contribution in [3.63, 3.8) is 0 Å². The van der Waals surface area contributed by atoms with Gasteiger partial charge in [0.05, 0.1) is 15.9 Å². The molecular weight excluding hydrogens is 230 g/mol. The lowest BCUT2D eigenvalue weighted by atomic mass is 10.3. The van der Waals surface area contributed by atoms with E-state index in [2.05, 4.69) is 20.9 Å². The van der Waals surface area contributed by atoms with Crippen molar-refractivity contribution >= 4 is 21.6 Å². The van der Waals surface area contributed by atoms with Crippen LogP contribution in [0.15, 0.2) is 22.8 Å². The number of halogens is 1. The zero-order chi connectivity index (χ0) is 9.42. The van der Waals surface area contributed by atoms with Gasteiger partial charge in [0.15, 0.2) is 5.65 Å². The van der Waals surface area contributed by atoms with E-state index in [1.807, 2.05) is 29.7 Å². The third kappa shape index (κ3) is 1.26. The summed E-state index contributed by atoms with van der Waals surface area (Å²) in [7, 11) is 0. The first-order valence-corrected chi connectivity index (χ1v) is 4.85. The molecule has 0 saturated carbocycles. The zero-order valence-electron chi connectivity index (χ0n) is 7.29. The van der Waals surface area contributed by atoms with Gasteiger partial charge in [-0.25, -0.2) is 4.98 Å². The van der Waals surface area contributed by atoms with E-state index in [1.165, 1.54) is 0 Å². The SMILES string of the molecule is Cc1nc2c(Br)cccn2c1CN.